The number of amides is 1. The predicted molar refractivity (Wildman–Crippen MR) is 112 cm³/mol. The lowest BCUT2D eigenvalue weighted by Crippen LogP contribution is -2.32. The predicted octanol–water partition coefficient (Wildman–Crippen LogP) is 4.13. The molecule has 1 saturated heterocycles. The molecule has 1 aliphatic rings. The fraction of sp³-hybridized carbons (Fsp3) is 0.318. The standard InChI is InChI=1S/C22H22FN3O2S/c1-14-4-9-18-19(11-14)25-21(15-5-7-16(23)8-6-15)26-22(18)29-13-20(27)24-12-17-3-2-10-28-17/h4-9,11,17H,2-3,10,12-13H2,1H3,(H,24,27)/t17-/m1/s1. The second kappa shape index (κ2) is 8.88. The third-order valence-electron chi connectivity index (χ3n) is 4.81. The van der Waals surface area contributed by atoms with Gasteiger partial charge in [-0.15, -0.1) is 0 Å². The van der Waals surface area contributed by atoms with Crippen molar-refractivity contribution in [3.8, 4) is 11.4 Å². The summed E-state index contributed by atoms with van der Waals surface area (Å²) in [4.78, 5) is 21.6. The van der Waals surface area contributed by atoms with E-state index in [1.54, 1.807) is 12.1 Å². The minimum atomic E-state index is -0.303. The first-order valence-electron chi connectivity index (χ1n) is 9.64. The van der Waals surface area contributed by atoms with Crippen LogP contribution in [0.15, 0.2) is 47.5 Å². The van der Waals surface area contributed by atoms with Gasteiger partial charge in [-0.2, -0.15) is 0 Å². The van der Waals surface area contributed by atoms with Crippen molar-refractivity contribution in [1.29, 1.82) is 0 Å². The minimum absolute atomic E-state index is 0.0484. The lowest BCUT2D eigenvalue weighted by molar-refractivity contribution is -0.119. The molecule has 2 heterocycles. The van der Waals surface area contributed by atoms with Crippen molar-refractivity contribution in [2.45, 2.75) is 30.9 Å². The molecule has 0 unspecified atom stereocenters. The van der Waals surface area contributed by atoms with Crippen LogP contribution in [0.2, 0.25) is 0 Å². The van der Waals surface area contributed by atoms with Crippen LogP contribution in [-0.2, 0) is 9.53 Å². The molecule has 29 heavy (non-hydrogen) atoms. The fourth-order valence-electron chi connectivity index (χ4n) is 3.27. The highest BCUT2D eigenvalue weighted by Crippen LogP contribution is 2.29. The van der Waals surface area contributed by atoms with E-state index in [9.17, 15) is 9.18 Å². The molecule has 150 valence electrons. The Bertz CT molecular complexity index is 1020. The van der Waals surface area contributed by atoms with Crippen LogP contribution in [-0.4, -0.2) is 40.9 Å². The first-order chi connectivity index (χ1) is 14.1. The Hall–Kier alpha value is -2.51. The van der Waals surface area contributed by atoms with Gasteiger partial charge in [0.2, 0.25) is 5.91 Å². The van der Waals surface area contributed by atoms with E-state index in [4.69, 9.17) is 4.74 Å². The molecule has 1 amide bonds. The number of hydrogen-bond acceptors (Lipinski definition) is 5. The summed E-state index contributed by atoms with van der Waals surface area (Å²) in [5.41, 5.74) is 2.63. The number of carbonyl (C=O) groups excluding carboxylic acids is 1. The molecule has 1 N–H and O–H groups in total. The molecule has 0 saturated carbocycles. The quantitative estimate of drug-likeness (QED) is 0.488. The average Bonchev–Trinajstić information content (AvgIpc) is 3.24. The van der Waals surface area contributed by atoms with Gasteiger partial charge >= 0.3 is 0 Å². The second-order valence-electron chi connectivity index (χ2n) is 7.11. The SMILES string of the molecule is Cc1ccc2c(SCC(=O)NC[C@H]3CCCO3)nc(-c3ccc(F)cc3)nc2c1. The first kappa shape index (κ1) is 19.8. The average molecular weight is 412 g/mol. The molecule has 1 aliphatic heterocycles. The number of nitrogens with zero attached hydrogens (tertiary/aromatic N) is 2. The van der Waals surface area contributed by atoms with Gasteiger partial charge in [0.05, 0.1) is 17.4 Å². The summed E-state index contributed by atoms with van der Waals surface area (Å²) in [7, 11) is 0. The zero-order chi connectivity index (χ0) is 20.2. The smallest absolute Gasteiger partial charge is 0.230 e. The van der Waals surface area contributed by atoms with E-state index < -0.39 is 0 Å². The number of halogens is 1. The third-order valence-corrected chi connectivity index (χ3v) is 5.80. The maximum Gasteiger partial charge on any atom is 0.230 e. The van der Waals surface area contributed by atoms with Crippen LogP contribution >= 0.6 is 11.8 Å². The first-order valence-corrected chi connectivity index (χ1v) is 10.6. The zero-order valence-corrected chi connectivity index (χ0v) is 17.0. The molecule has 4 rings (SSSR count). The Morgan fingerprint density at radius 3 is 2.83 bits per heavy atom. The molecule has 1 fully saturated rings. The molecule has 7 heteroatoms. The van der Waals surface area contributed by atoms with Crippen molar-refractivity contribution in [1.82, 2.24) is 15.3 Å². The fourth-order valence-corrected chi connectivity index (χ4v) is 4.12. The largest absolute Gasteiger partial charge is 0.376 e. The van der Waals surface area contributed by atoms with E-state index in [-0.39, 0.29) is 23.6 Å². The van der Waals surface area contributed by atoms with Gasteiger partial charge in [-0.3, -0.25) is 4.79 Å². The van der Waals surface area contributed by atoms with Gasteiger partial charge in [0.25, 0.3) is 0 Å². The van der Waals surface area contributed by atoms with E-state index in [0.717, 1.165) is 46.5 Å². The van der Waals surface area contributed by atoms with Gasteiger partial charge in [-0.05, 0) is 61.7 Å². The number of carbonyl (C=O) groups is 1. The van der Waals surface area contributed by atoms with Gasteiger partial charge in [-0.1, -0.05) is 17.8 Å². The van der Waals surface area contributed by atoms with E-state index in [1.807, 2.05) is 25.1 Å². The van der Waals surface area contributed by atoms with Gasteiger partial charge in [-0.25, -0.2) is 14.4 Å². The van der Waals surface area contributed by atoms with Crippen molar-refractivity contribution in [2.75, 3.05) is 18.9 Å². The highest BCUT2D eigenvalue weighted by molar-refractivity contribution is 8.00. The maximum absolute atomic E-state index is 13.3. The van der Waals surface area contributed by atoms with Crippen molar-refractivity contribution < 1.29 is 13.9 Å². The van der Waals surface area contributed by atoms with Crippen LogP contribution in [0.4, 0.5) is 4.39 Å². The summed E-state index contributed by atoms with van der Waals surface area (Å²) in [5.74, 6) is 0.427. The van der Waals surface area contributed by atoms with E-state index in [2.05, 4.69) is 15.3 Å². The highest BCUT2D eigenvalue weighted by atomic mass is 32.2. The number of hydrogen-bond donors (Lipinski definition) is 1. The normalized spacial score (nSPS) is 16.3. The van der Waals surface area contributed by atoms with Crippen molar-refractivity contribution in [2.24, 2.45) is 0 Å². The second-order valence-corrected chi connectivity index (χ2v) is 8.07. The molecule has 0 bridgehead atoms. The summed E-state index contributed by atoms with van der Waals surface area (Å²) in [6.45, 7) is 3.32. The molecule has 5 nitrogen and oxygen atoms in total. The summed E-state index contributed by atoms with van der Waals surface area (Å²) >= 11 is 1.38. The van der Waals surface area contributed by atoms with Crippen molar-refractivity contribution in [3.05, 3.63) is 53.8 Å². The van der Waals surface area contributed by atoms with Crippen LogP contribution < -0.4 is 5.32 Å². The summed E-state index contributed by atoms with van der Waals surface area (Å²) in [5, 5.41) is 4.57. The molecule has 1 atom stereocenters. The highest BCUT2D eigenvalue weighted by Gasteiger charge is 2.17. The monoisotopic (exact) mass is 411 g/mol. The molecule has 0 radical (unpaired) electrons. The van der Waals surface area contributed by atoms with Gasteiger partial charge in [0.1, 0.15) is 10.8 Å². The van der Waals surface area contributed by atoms with Gasteiger partial charge in [0, 0.05) is 24.1 Å². The molecule has 0 spiro atoms. The summed E-state index contributed by atoms with van der Waals surface area (Å²) in [6.07, 6.45) is 2.16. The topological polar surface area (TPSA) is 64.1 Å². The summed E-state index contributed by atoms with van der Waals surface area (Å²) < 4.78 is 18.8. The van der Waals surface area contributed by atoms with Crippen LogP contribution in [0, 0.1) is 12.7 Å². The van der Waals surface area contributed by atoms with E-state index in [1.165, 1.54) is 23.9 Å². The van der Waals surface area contributed by atoms with E-state index in [0.29, 0.717) is 12.4 Å². The van der Waals surface area contributed by atoms with Crippen molar-refractivity contribution >= 4 is 28.6 Å². The molecular formula is C22H22FN3O2S. The zero-order valence-electron chi connectivity index (χ0n) is 16.2. The molecule has 3 aromatic rings. The molecular weight excluding hydrogens is 389 g/mol. The Morgan fingerprint density at radius 1 is 1.24 bits per heavy atom. The number of aromatic nitrogens is 2. The number of thioether (sulfide) groups is 1. The van der Waals surface area contributed by atoms with Gasteiger partial charge in [0.15, 0.2) is 5.82 Å². The maximum atomic E-state index is 13.3. The third kappa shape index (κ3) is 4.92. The van der Waals surface area contributed by atoms with Crippen LogP contribution in [0.1, 0.15) is 18.4 Å². The number of benzene rings is 2. The lowest BCUT2D eigenvalue weighted by Gasteiger charge is -2.12. The Kier molecular flexibility index (Phi) is 6.06. The molecule has 2 aromatic carbocycles. The number of nitrogens with one attached hydrogen (secondary N) is 1. The molecule has 0 aliphatic carbocycles. The minimum Gasteiger partial charge on any atom is -0.376 e. The number of rotatable bonds is 6. The Morgan fingerprint density at radius 2 is 2.07 bits per heavy atom. The lowest BCUT2D eigenvalue weighted by atomic mass is 10.1. The van der Waals surface area contributed by atoms with Crippen molar-refractivity contribution in [3.63, 3.8) is 0 Å². The number of ether oxygens (including phenoxy) is 1. The Balaban J connectivity index is 1.55. The summed E-state index contributed by atoms with van der Waals surface area (Å²) in [6, 6.07) is 12.1. The van der Waals surface area contributed by atoms with Gasteiger partial charge < -0.3 is 10.1 Å². The van der Waals surface area contributed by atoms with Crippen LogP contribution in [0.25, 0.3) is 22.3 Å². The van der Waals surface area contributed by atoms with Crippen LogP contribution in [0.3, 0.4) is 0 Å². The van der Waals surface area contributed by atoms with E-state index >= 15 is 0 Å². The Labute approximate surface area is 173 Å². The molecule has 1 aromatic heterocycles. The number of fused-ring (bicyclic) bond motifs is 1. The number of aryl methyl sites for hydroxylation is 1. The van der Waals surface area contributed by atoms with Crippen LogP contribution in [0.5, 0.6) is 0 Å².